The van der Waals surface area contributed by atoms with Gasteiger partial charge < -0.3 is 9.80 Å². The molecule has 0 unspecified atom stereocenters. The highest BCUT2D eigenvalue weighted by Crippen LogP contribution is 2.33. The lowest BCUT2D eigenvalue weighted by atomic mass is 10.1. The van der Waals surface area contributed by atoms with E-state index in [1.165, 1.54) is 0 Å². The minimum atomic E-state index is -0.512. The van der Waals surface area contributed by atoms with Crippen LogP contribution < -0.4 is 0 Å². The summed E-state index contributed by atoms with van der Waals surface area (Å²) in [5.74, 6) is 0.0769. The van der Waals surface area contributed by atoms with E-state index in [1.807, 2.05) is 55.4 Å². The fourth-order valence-electron chi connectivity index (χ4n) is 3.10. The third-order valence-corrected chi connectivity index (χ3v) is 6.96. The minimum absolute atomic E-state index is 0.0385. The quantitative estimate of drug-likeness (QED) is 0.406. The maximum absolute atomic E-state index is 12.4. The molecule has 0 heterocycles. The SMILES string of the molecule is CCN(CC)C(=O)CC(C)(C)SC(=O)CCC(=O)SC(C)(C)CC(=O)N(CC)CC. The summed E-state index contributed by atoms with van der Waals surface area (Å²) in [5, 5.41) is -0.170. The molecule has 0 N–H and O–H groups in total. The van der Waals surface area contributed by atoms with Gasteiger partial charge in [-0.15, -0.1) is 0 Å². The molecule has 0 aromatic carbocycles. The molecule has 0 aliphatic rings. The van der Waals surface area contributed by atoms with Gasteiger partial charge in [-0.1, -0.05) is 23.5 Å². The van der Waals surface area contributed by atoms with Gasteiger partial charge >= 0.3 is 0 Å². The second kappa shape index (κ2) is 13.4. The van der Waals surface area contributed by atoms with Gasteiger partial charge in [0, 0.05) is 61.4 Å². The Balaban J connectivity index is 4.57. The zero-order chi connectivity index (χ0) is 23.5. The van der Waals surface area contributed by atoms with Gasteiger partial charge in [0.1, 0.15) is 0 Å². The molecule has 8 heteroatoms. The van der Waals surface area contributed by atoms with Crippen LogP contribution in [0.2, 0.25) is 0 Å². The van der Waals surface area contributed by atoms with Crippen molar-refractivity contribution in [1.29, 1.82) is 0 Å². The van der Waals surface area contributed by atoms with Crippen LogP contribution in [-0.4, -0.2) is 67.5 Å². The highest BCUT2D eigenvalue weighted by Gasteiger charge is 2.30. The number of nitrogens with zero attached hydrogens (tertiary/aromatic N) is 2. The van der Waals surface area contributed by atoms with Crippen LogP contribution in [-0.2, 0) is 19.2 Å². The lowest BCUT2D eigenvalue weighted by Gasteiger charge is -2.27. The standard InChI is InChI=1S/C22H40N2O4S2/c1-9-23(10-2)17(25)15-21(5,6)29-19(27)13-14-20(28)30-22(7,8)16-18(26)24(11-3)12-4/h9-16H2,1-8H3. The molecule has 0 atom stereocenters. The smallest absolute Gasteiger partial charge is 0.223 e. The Kier molecular flexibility index (Phi) is 12.9. The first kappa shape index (κ1) is 29.0. The van der Waals surface area contributed by atoms with Crippen molar-refractivity contribution in [1.82, 2.24) is 9.80 Å². The maximum Gasteiger partial charge on any atom is 0.223 e. The van der Waals surface area contributed by atoms with E-state index in [4.69, 9.17) is 0 Å². The largest absolute Gasteiger partial charge is 0.343 e. The van der Waals surface area contributed by atoms with Gasteiger partial charge in [-0.05, 0) is 55.4 Å². The monoisotopic (exact) mass is 460 g/mol. The van der Waals surface area contributed by atoms with E-state index < -0.39 is 9.49 Å². The summed E-state index contributed by atoms with van der Waals surface area (Å²) in [7, 11) is 0. The summed E-state index contributed by atoms with van der Waals surface area (Å²) in [6, 6.07) is 0. The van der Waals surface area contributed by atoms with E-state index in [1.54, 1.807) is 9.80 Å². The van der Waals surface area contributed by atoms with Crippen molar-refractivity contribution in [2.75, 3.05) is 26.2 Å². The summed E-state index contributed by atoms with van der Waals surface area (Å²) in [6.45, 7) is 17.9. The van der Waals surface area contributed by atoms with Gasteiger partial charge in [0.2, 0.25) is 11.8 Å². The number of carbonyl (C=O) groups excluding carboxylic acids is 4. The van der Waals surface area contributed by atoms with E-state index in [-0.39, 0.29) is 47.7 Å². The second-order valence-electron chi connectivity index (χ2n) is 8.45. The third-order valence-electron chi connectivity index (χ3n) is 4.70. The Bertz CT molecular complexity index is 546. The van der Waals surface area contributed by atoms with Crippen molar-refractivity contribution in [2.24, 2.45) is 0 Å². The Hall–Kier alpha value is -1.02. The highest BCUT2D eigenvalue weighted by molar-refractivity contribution is 8.15. The molecule has 6 nitrogen and oxygen atoms in total. The maximum atomic E-state index is 12.4. The minimum Gasteiger partial charge on any atom is -0.343 e. The predicted octanol–water partition coefficient (Wildman–Crippen LogP) is 4.36. The van der Waals surface area contributed by atoms with Crippen molar-refractivity contribution in [3.63, 3.8) is 0 Å². The Labute approximate surface area is 191 Å². The Morgan fingerprint density at radius 3 is 1.10 bits per heavy atom. The number of hydrogen-bond acceptors (Lipinski definition) is 6. The Morgan fingerprint density at radius 1 is 0.600 bits per heavy atom. The van der Waals surface area contributed by atoms with Crippen LogP contribution >= 0.6 is 23.5 Å². The average molecular weight is 461 g/mol. The van der Waals surface area contributed by atoms with Gasteiger partial charge in [-0.25, -0.2) is 0 Å². The molecule has 0 rings (SSSR count). The van der Waals surface area contributed by atoms with Crippen molar-refractivity contribution >= 4 is 45.6 Å². The molecule has 0 aliphatic heterocycles. The third kappa shape index (κ3) is 11.4. The summed E-state index contributed by atoms with van der Waals surface area (Å²) < 4.78 is -1.02. The lowest BCUT2D eigenvalue weighted by molar-refractivity contribution is -0.132. The first-order valence-corrected chi connectivity index (χ1v) is 12.4. The van der Waals surface area contributed by atoms with Crippen molar-refractivity contribution in [2.45, 2.75) is 90.6 Å². The second-order valence-corrected chi connectivity index (χ2v) is 12.0. The van der Waals surface area contributed by atoms with Crippen LogP contribution in [0.1, 0.15) is 81.1 Å². The number of carbonyl (C=O) groups is 4. The number of thioether (sulfide) groups is 2. The summed E-state index contributed by atoms with van der Waals surface area (Å²) >= 11 is 2.28. The molecule has 2 amide bonds. The molecular formula is C22H40N2O4S2. The van der Waals surface area contributed by atoms with Crippen LogP contribution in [0.25, 0.3) is 0 Å². The molecular weight excluding hydrogens is 420 g/mol. The molecule has 174 valence electrons. The summed E-state index contributed by atoms with van der Waals surface area (Å²) in [5.41, 5.74) is 0. The molecule has 0 spiro atoms. The van der Waals surface area contributed by atoms with Gasteiger partial charge in [-0.2, -0.15) is 0 Å². The van der Waals surface area contributed by atoms with Crippen LogP contribution in [0.4, 0.5) is 0 Å². The first-order chi connectivity index (χ1) is 13.8. The van der Waals surface area contributed by atoms with E-state index in [0.717, 1.165) is 23.5 Å². The lowest BCUT2D eigenvalue weighted by Crippen LogP contribution is -2.35. The zero-order valence-corrected chi connectivity index (χ0v) is 21.6. The summed E-state index contributed by atoms with van der Waals surface area (Å²) in [6.07, 6.45) is 0.849. The summed E-state index contributed by atoms with van der Waals surface area (Å²) in [4.78, 5) is 52.9. The van der Waals surface area contributed by atoms with Crippen molar-refractivity contribution < 1.29 is 19.2 Å². The number of amides is 2. The fraction of sp³-hybridized carbons (Fsp3) is 0.818. The molecule has 0 fully saturated rings. The van der Waals surface area contributed by atoms with E-state index in [0.29, 0.717) is 26.2 Å². The number of rotatable bonds is 13. The average Bonchev–Trinajstić information content (AvgIpc) is 2.60. The molecule has 0 bridgehead atoms. The van der Waals surface area contributed by atoms with Gasteiger partial charge in [0.15, 0.2) is 10.2 Å². The predicted molar refractivity (Wildman–Crippen MR) is 128 cm³/mol. The Morgan fingerprint density at radius 2 is 0.867 bits per heavy atom. The van der Waals surface area contributed by atoms with Gasteiger partial charge in [-0.3, -0.25) is 19.2 Å². The molecule has 0 saturated heterocycles. The van der Waals surface area contributed by atoms with Crippen molar-refractivity contribution in [3.05, 3.63) is 0 Å². The van der Waals surface area contributed by atoms with Crippen LogP contribution in [0, 0.1) is 0 Å². The van der Waals surface area contributed by atoms with E-state index in [9.17, 15) is 19.2 Å². The molecule has 0 aromatic rings. The first-order valence-electron chi connectivity index (χ1n) is 10.8. The molecule has 0 radical (unpaired) electrons. The molecule has 0 aromatic heterocycles. The number of hydrogen-bond donors (Lipinski definition) is 0. The zero-order valence-electron chi connectivity index (χ0n) is 20.0. The highest BCUT2D eigenvalue weighted by atomic mass is 32.2. The molecule has 30 heavy (non-hydrogen) atoms. The van der Waals surface area contributed by atoms with E-state index >= 15 is 0 Å². The fourth-order valence-corrected chi connectivity index (χ4v) is 5.13. The van der Waals surface area contributed by atoms with Crippen LogP contribution in [0.5, 0.6) is 0 Å². The topological polar surface area (TPSA) is 74.8 Å². The van der Waals surface area contributed by atoms with Gasteiger partial charge in [0.25, 0.3) is 0 Å². The molecule has 0 aliphatic carbocycles. The van der Waals surface area contributed by atoms with Crippen LogP contribution in [0.3, 0.4) is 0 Å². The van der Waals surface area contributed by atoms with Crippen LogP contribution in [0.15, 0.2) is 0 Å². The van der Waals surface area contributed by atoms with E-state index in [2.05, 4.69) is 0 Å². The van der Waals surface area contributed by atoms with Gasteiger partial charge in [0.05, 0.1) is 0 Å². The molecule has 0 saturated carbocycles. The van der Waals surface area contributed by atoms with Crippen molar-refractivity contribution in [3.8, 4) is 0 Å². The normalized spacial score (nSPS) is 11.9.